The molecule has 0 aliphatic carbocycles. The second kappa shape index (κ2) is 10.6. The van der Waals surface area contributed by atoms with Crippen LogP contribution in [0.15, 0.2) is 12.1 Å². The van der Waals surface area contributed by atoms with Crippen molar-refractivity contribution in [2.45, 2.75) is 19.8 Å². The van der Waals surface area contributed by atoms with Crippen LogP contribution in [0, 0.1) is 41.4 Å². The van der Waals surface area contributed by atoms with E-state index >= 15 is 0 Å². The molecule has 0 aromatic heterocycles. The molecule has 0 N–H and O–H groups in total. The fourth-order valence-electron chi connectivity index (χ4n) is 2.46. The average Bonchev–Trinajstić information content (AvgIpc) is 2.74. The summed E-state index contributed by atoms with van der Waals surface area (Å²) in [5, 5.41) is 0. The van der Waals surface area contributed by atoms with E-state index in [1.54, 1.807) is 19.1 Å². The summed E-state index contributed by atoms with van der Waals surface area (Å²) < 4.78 is 20.1. The number of carbonyl (C=O) groups excluding carboxylic acids is 2. The highest BCUT2D eigenvalue weighted by Gasteiger charge is 2.47. The zero-order valence-corrected chi connectivity index (χ0v) is 16.6. The van der Waals surface area contributed by atoms with Crippen molar-refractivity contribution in [3.63, 3.8) is 0 Å². The maximum absolute atomic E-state index is 12.4. The first-order valence-electron chi connectivity index (χ1n) is 8.22. The van der Waals surface area contributed by atoms with E-state index in [0.29, 0.717) is 22.6 Å². The normalized spacial score (nSPS) is 9.57. The van der Waals surface area contributed by atoms with Crippen LogP contribution in [-0.2, 0) is 19.1 Å². The van der Waals surface area contributed by atoms with Crippen molar-refractivity contribution in [1.82, 2.24) is 0 Å². The molecule has 0 radical (unpaired) electrons. The van der Waals surface area contributed by atoms with Crippen LogP contribution in [0.1, 0.15) is 30.9 Å². The molecule has 0 amide bonds. The second-order valence-electron chi connectivity index (χ2n) is 5.54. The minimum atomic E-state index is -1.65. The summed E-state index contributed by atoms with van der Waals surface area (Å²) in [6.07, 6.45) is 5.32. The maximum atomic E-state index is 12.4. The van der Waals surface area contributed by atoms with Gasteiger partial charge in [-0.15, -0.1) is 18.3 Å². The van der Waals surface area contributed by atoms with E-state index in [1.807, 2.05) is 0 Å². The monoisotopic (exact) mass is 382 g/mol. The molecule has 1 rings (SSSR count). The van der Waals surface area contributed by atoms with Gasteiger partial charge in [-0.25, -0.2) is 0 Å². The highest BCUT2D eigenvalue weighted by Crippen LogP contribution is 2.31. The molecule has 0 saturated heterocycles. The first-order chi connectivity index (χ1) is 13.4. The molecule has 0 fully saturated rings. The number of esters is 2. The minimum Gasteiger partial charge on any atom is -0.493 e. The van der Waals surface area contributed by atoms with Crippen LogP contribution in [0.5, 0.6) is 11.5 Å². The van der Waals surface area contributed by atoms with Gasteiger partial charge in [0.15, 0.2) is 16.9 Å². The Balaban J connectivity index is 3.41. The van der Waals surface area contributed by atoms with Crippen LogP contribution in [0.2, 0.25) is 0 Å². The quantitative estimate of drug-likeness (QED) is 0.427. The summed E-state index contributed by atoms with van der Waals surface area (Å²) in [5.41, 5.74) is -0.669. The van der Waals surface area contributed by atoms with E-state index < -0.39 is 17.4 Å². The maximum Gasteiger partial charge on any atom is 0.325 e. The first-order valence-corrected chi connectivity index (χ1v) is 8.22. The molecule has 6 nitrogen and oxygen atoms in total. The van der Waals surface area contributed by atoms with Gasteiger partial charge in [0.05, 0.1) is 28.4 Å². The topological polar surface area (TPSA) is 71.1 Å². The Morgan fingerprint density at radius 2 is 1.43 bits per heavy atom. The molecule has 1 aromatic rings. The average molecular weight is 382 g/mol. The fraction of sp³-hybridized carbons (Fsp3) is 0.364. The standard InChI is InChI=1S/C22H22O6/c1-7-9-12-22(20(23)27-5,21(24)28-6)13-10-11-17-15-19(26-4)18(25-3)14-16(17)8-2/h2,14-15H,12-13H2,1,3-6H3. The lowest BCUT2D eigenvalue weighted by Crippen LogP contribution is -2.40. The third-order valence-corrected chi connectivity index (χ3v) is 4.01. The molecule has 0 aliphatic heterocycles. The molecule has 0 aliphatic rings. The second-order valence-corrected chi connectivity index (χ2v) is 5.54. The lowest BCUT2D eigenvalue weighted by molar-refractivity contribution is -0.168. The van der Waals surface area contributed by atoms with E-state index in [-0.39, 0.29) is 12.8 Å². The molecule has 6 heteroatoms. The summed E-state index contributed by atoms with van der Waals surface area (Å²) in [6.45, 7) is 1.60. The third-order valence-electron chi connectivity index (χ3n) is 4.01. The lowest BCUT2D eigenvalue weighted by Gasteiger charge is -2.23. The van der Waals surface area contributed by atoms with Gasteiger partial charge in [-0.1, -0.05) is 17.8 Å². The lowest BCUT2D eigenvalue weighted by atomic mass is 9.81. The van der Waals surface area contributed by atoms with Crippen LogP contribution in [0.25, 0.3) is 0 Å². The summed E-state index contributed by atoms with van der Waals surface area (Å²) in [7, 11) is 5.38. The summed E-state index contributed by atoms with van der Waals surface area (Å²) in [5.74, 6) is 13.0. The smallest absolute Gasteiger partial charge is 0.325 e. The van der Waals surface area contributed by atoms with Crippen LogP contribution in [0.3, 0.4) is 0 Å². The first kappa shape index (κ1) is 22.5. The Morgan fingerprint density at radius 3 is 1.86 bits per heavy atom. The summed E-state index contributed by atoms with van der Waals surface area (Å²) >= 11 is 0. The van der Waals surface area contributed by atoms with E-state index in [1.165, 1.54) is 28.4 Å². The number of benzene rings is 1. The van der Waals surface area contributed by atoms with Gasteiger partial charge in [-0.3, -0.25) is 9.59 Å². The number of hydrogen-bond acceptors (Lipinski definition) is 6. The third kappa shape index (κ3) is 4.78. The van der Waals surface area contributed by atoms with Gasteiger partial charge < -0.3 is 18.9 Å². The van der Waals surface area contributed by atoms with Gasteiger partial charge in [0.25, 0.3) is 0 Å². The van der Waals surface area contributed by atoms with Gasteiger partial charge in [0, 0.05) is 36.1 Å². The van der Waals surface area contributed by atoms with Crippen molar-refractivity contribution < 1.29 is 28.5 Å². The molecule has 28 heavy (non-hydrogen) atoms. The Bertz CT molecular complexity index is 883. The molecule has 0 unspecified atom stereocenters. The van der Waals surface area contributed by atoms with Crippen molar-refractivity contribution in [3.05, 3.63) is 23.3 Å². The zero-order valence-electron chi connectivity index (χ0n) is 16.6. The van der Waals surface area contributed by atoms with E-state index in [0.717, 1.165) is 0 Å². The van der Waals surface area contributed by atoms with Crippen molar-refractivity contribution in [3.8, 4) is 47.5 Å². The van der Waals surface area contributed by atoms with E-state index in [2.05, 4.69) is 29.6 Å². The fourth-order valence-corrected chi connectivity index (χ4v) is 2.46. The van der Waals surface area contributed by atoms with Gasteiger partial charge >= 0.3 is 11.9 Å². The molecule has 1 aromatic carbocycles. The van der Waals surface area contributed by atoms with Crippen molar-refractivity contribution in [1.29, 1.82) is 0 Å². The van der Waals surface area contributed by atoms with Gasteiger partial charge in [-0.05, 0) is 6.92 Å². The summed E-state index contributed by atoms with van der Waals surface area (Å²) in [6, 6.07) is 3.25. The van der Waals surface area contributed by atoms with Crippen LogP contribution >= 0.6 is 0 Å². The molecular formula is C22H22O6. The van der Waals surface area contributed by atoms with Gasteiger partial charge in [-0.2, -0.15) is 0 Å². The van der Waals surface area contributed by atoms with Crippen LogP contribution < -0.4 is 9.47 Å². The number of methoxy groups -OCH3 is 4. The van der Waals surface area contributed by atoms with Crippen molar-refractivity contribution in [2.75, 3.05) is 28.4 Å². The molecule has 146 valence electrons. The highest BCUT2D eigenvalue weighted by molar-refractivity contribution is 6.00. The van der Waals surface area contributed by atoms with Gasteiger partial charge in [0.1, 0.15) is 0 Å². The molecule has 0 atom stereocenters. The molecular weight excluding hydrogens is 360 g/mol. The SMILES string of the molecule is C#Cc1cc(OC)c(OC)cc1C#CCC(CC#CC)(C(=O)OC)C(=O)OC. The molecule has 0 saturated carbocycles. The molecule has 0 spiro atoms. The Morgan fingerprint density at radius 1 is 0.929 bits per heavy atom. The minimum absolute atomic E-state index is 0.0779. The van der Waals surface area contributed by atoms with Crippen molar-refractivity contribution in [2.24, 2.45) is 5.41 Å². The predicted molar refractivity (Wildman–Crippen MR) is 104 cm³/mol. The van der Waals surface area contributed by atoms with E-state index in [9.17, 15) is 9.59 Å². The van der Waals surface area contributed by atoms with Crippen LogP contribution in [0.4, 0.5) is 0 Å². The highest BCUT2D eigenvalue weighted by atomic mass is 16.5. The predicted octanol–water partition coefficient (Wildman–Crippen LogP) is 2.17. The van der Waals surface area contributed by atoms with Gasteiger partial charge in [0.2, 0.25) is 0 Å². The number of carbonyl (C=O) groups is 2. The Hall–Kier alpha value is -3.56. The Kier molecular flexibility index (Phi) is 8.47. The zero-order chi connectivity index (χ0) is 21.2. The number of terminal acetylenes is 1. The summed E-state index contributed by atoms with van der Waals surface area (Å²) in [4.78, 5) is 24.7. The Labute approximate surface area is 165 Å². The van der Waals surface area contributed by atoms with E-state index in [4.69, 9.17) is 25.4 Å². The molecule has 0 heterocycles. The largest absolute Gasteiger partial charge is 0.493 e. The van der Waals surface area contributed by atoms with Crippen LogP contribution in [-0.4, -0.2) is 40.4 Å². The number of hydrogen-bond donors (Lipinski definition) is 0. The number of rotatable bonds is 6. The molecule has 0 bridgehead atoms. The number of ether oxygens (including phenoxy) is 4. The van der Waals surface area contributed by atoms with Crippen molar-refractivity contribution >= 4 is 11.9 Å².